The van der Waals surface area contributed by atoms with Gasteiger partial charge in [0.25, 0.3) is 0 Å². The third kappa shape index (κ3) is 2.72. The minimum atomic E-state index is 0.0370. The van der Waals surface area contributed by atoms with Crippen LogP contribution in [0, 0.1) is 0 Å². The fourth-order valence-electron chi connectivity index (χ4n) is 2.55. The van der Waals surface area contributed by atoms with Crippen molar-refractivity contribution in [2.24, 2.45) is 0 Å². The fraction of sp³-hybridized carbons (Fsp3) is 0.167. The zero-order valence-corrected chi connectivity index (χ0v) is 14.6. The summed E-state index contributed by atoms with van der Waals surface area (Å²) in [5.41, 5.74) is 3.16. The maximum Gasteiger partial charge on any atom is 0.178 e. The number of furan rings is 1. The summed E-state index contributed by atoms with van der Waals surface area (Å²) >= 11 is 3.47. The van der Waals surface area contributed by atoms with Crippen molar-refractivity contribution >= 4 is 32.7 Å². The number of fused-ring (bicyclic) bond motifs is 1. The number of rotatable bonds is 4. The standard InChI is InChI=1S/C18H15BrO4/c1-10(20)11-4-6-12(7-5-11)16-17-14(22-3)8-13(21-2)9-15(17)23-18(16)19/h4-9H,1-3H3. The predicted molar refractivity (Wildman–Crippen MR) is 92.5 cm³/mol. The summed E-state index contributed by atoms with van der Waals surface area (Å²) in [6.45, 7) is 1.55. The van der Waals surface area contributed by atoms with Gasteiger partial charge in [0.1, 0.15) is 17.1 Å². The number of hydrogen-bond acceptors (Lipinski definition) is 4. The molecule has 0 aliphatic carbocycles. The molecule has 3 aromatic rings. The highest BCUT2D eigenvalue weighted by Crippen LogP contribution is 2.44. The first kappa shape index (κ1) is 15.6. The number of methoxy groups -OCH3 is 2. The molecule has 0 N–H and O–H groups in total. The van der Waals surface area contributed by atoms with Gasteiger partial charge in [-0.05, 0) is 28.4 Å². The Balaban J connectivity index is 2.24. The molecule has 0 unspecified atom stereocenters. The van der Waals surface area contributed by atoms with Gasteiger partial charge in [-0.1, -0.05) is 24.3 Å². The van der Waals surface area contributed by atoms with Crippen LogP contribution in [0.4, 0.5) is 0 Å². The topological polar surface area (TPSA) is 48.7 Å². The number of halogens is 1. The number of carbonyl (C=O) groups excluding carboxylic acids is 1. The Bertz CT molecular complexity index is 878. The molecule has 118 valence electrons. The lowest BCUT2D eigenvalue weighted by molar-refractivity contribution is 0.101. The van der Waals surface area contributed by atoms with E-state index in [1.807, 2.05) is 24.3 Å². The van der Waals surface area contributed by atoms with Gasteiger partial charge in [-0.3, -0.25) is 4.79 Å². The largest absolute Gasteiger partial charge is 0.496 e. The Kier molecular flexibility index (Phi) is 4.13. The SMILES string of the molecule is COc1cc(OC)c2c(-c3ccc(C(C)=O)cc3)c(Br)oc2c1. The first-order valence-electron chi connectivity index (χ1n) is 7.00. The molecule has 0 aliphatic heterocycles. The van der Waals surface area contributed by atoms with E-state index in [2.05, 4.69) is 15.9 Å². The number of carbonyl (C=O) groups is 1. The minimum Gasteiger partial charge on any atom is -0.496 e. The Labute approximate surface area is 142 Å². The van der Waals surface area contributed by atoms with Gasteiger partial charge in [0.2, 0.25) is 0 Å². The maximum atomic E-state index is 11.4. The molecule has 0 fully saturated rings. The van der Waals surface area contributed by atoms with Crippen LogP contribution in [0.1, 0.15) is 17.3 Å². The number of hydrogen-bond donors (Lipinski definition) is 0. The van der Waals surface area contributed by atoms with Crippen molar-refractivity contribution in [1.29, 1.82) is 0 Å². The quantitative estimate of drug-likeness (QED) is 0.597. The van der Waals surface area contributed by atoms with Crippen LogP contribution >= 0.6 is 15.9 Å². The summed E-state index contributed by atoms with van der Waals surface area (Å²) in [7, 11) is 3.21. The molecule has 0 saturated heterocycles. The average molecular weight is 375 g/mol. The van der Waals surface area contributed by atoms with Gasteiger partial charge in [0.15, 0.2) is 10.5 Å². The Morgan fingerprint density at radius 2 is 1.78 bits per heavy atom. The number of Topliss-reactive ketones (excluding diaryl/α,β-unsaturated/α-hetero) is 1. The number of ketones is 1. The molecular formula is C18H15BrO4. The van der Waals surface area contributed by atoms with Gasteiger partial charge < -0.3 is 13.9 Å². The zero-order valence-electron chi connectivity index (χ0n) is 13.0. The second-order valence-electron chi connectivity index (χ2n) is 5.09. The van der Waals surface area contributed by atoms with E-state index in [-0.39, 0.29) is 5.78 Å². The molecular weight excluding hydrogens is 360 g/mol. The molecule has 0 saturated carbocycles. The molecule has 0 bridgehead atoms. The van der Waals surface area contributed by atoms with Crippen LogP contribution in [-0.2, 0) is 0 Å². The van der Waals surface area contributed by atoms with Crippen LogP contribution in [0.3, 0.4) is 0 Å². The second kappa shape index (κ2) is 6.08. The molecule has 1 aromatic heterocycles. The Morgan fingerprint density at radius 3 is 2.35 bits per heavy atom. The van der Waals surface area contributed by atoms with Gasteiger partial charge in [-0.15, -0.1) is 0 Å². The monoisotopic (exact) mass is 374 g/mol. The van der Waals surface area contributed by atoms with Crippen molar-refractivity contribution < 1.29 is 18.7 Å². The highest BCUT2D eigenvalue weighted by molar-refractivity contribution is 9.10. The van der Waals surface area contributed by atoms with Crippen molar-refractivity contribution in [2.45, 2.75) is 6.92 Å². The summed E-state index contributed by atoms with van der Waals surface area (Å²) in [6.07, 6.45) is 0. The highest BCUT2D eigenvalue weighted by Gasteiger charge is 2.19. The molecule has 0 aliphatic rings. The first-order valence-corrected chi connectivity index (χ1v) is 7.80. The van der Waals surface area contributed by atoms with Crippen molar-refractivity contribution in [2.75, 3.05) is 14.2 Å². The third-order valence-electron chi connectivity index (χ3n) is 3.72. The van der Waals surface area contributed by atoms with Crippen LogP contribution < -0.4 is 9.47 Å². The smallest absolute Gasteiger partial charge is 0.178 e. The molecule has 2 aromatic carbocycles. The van der Waals surface area contributed by atoms with Gasteiger partial charge in [-0.25, -0.2) is 0 Å². The Morgan fingerprint density at radius 1 is 1.09 bits per heavy atom. The van der Waals surface area contributed by atoms with E-state index in [4.69, 9.17) is 13.9 Å². The Hall–Kier alpha value is -2.27. The summed E-state index contributed by atoms with van der Waals surface area (Å²) < 4.78 is 17.2. The van der Waals surface area contributed by atoms with E-state index in [9.17, 15) is 4.79 Å². The van der Waals surface area contributed by atoms with Crippen molar-refractivity contribution in [3.8, 4) is 22.6 Å². The van der Waals surface area contributed by atoms with E-state index >= 15 is 0 Å². The van der Waals surface area contributed by atoms with Crippen LogP contribution in [0.15, 0.2) is 45.5 Å². The molecule has 5 heteroatoms. The fourth-order valence-corrected chi connectivity index (χ4v) is 3.15. The second-order valence-corrected chi connectivity index (χ2v) is 5.81. The maximum absolute atomic E-state index is 11.4. The highest BCUT2D eigenvalue weighted by atomic mass is 79.9. The lowest BCUT2D eigenvalue weighted by atomic mass is 10.0. The first-order chi connectivity index (χ1) is 11.0. The normalized spacial score (nSPS) is 10.8. The lowest BCUT2D eigenvalue weighted by Gasteiger charge is -2.07. The van der Waals surface area contributed by atoms with E-state index in [0.717, 1.165) is 16.5 Å². The molecule has 0 spiro atoms. The predicted octanol–water partition coefficient (Wildman–Crippen LogP) is 5.08. The van der Waals surface area contributed by atoms with Crippen LogP contribution in [0.5, 0.6) is 11.5 Å². The molecule has 23 heavy (non-hydrogen) atoms. The van der Waals surface area contributed by atoms with E-state index in [1.54, 1.807) is 33.3 Å². The van der Waals surface area contributed by atoms with Gasteiger partial charge in [0.05, 0.1) is 19.6 Å². The van der Waals surface area contributed by atoms with Crippen LogP contribution in [-0.4, -0.2) is 20.0 Å². The van der Waals surface area contributed by atoms with Crippen LogP contribution in [0.2, 0.25) is 0 Å². The van der Waals surface area contributed by atoms with Gasteiger partial charge in [0, 0.05) is 23.3 Å². The van der Waals surface area contributed by atoms with Crippen molar-refractivity contribution in [1.82, 2.24) is 0 Å². The van der Waals surface area contributed by atoms with Crippen LogP contribution in [0.25, 0.3) is 22.1 Å². The molecule has 3 rings (SSSR count). The minimum absolute atomic E-state index is 0.0370. The summed E-state index contributed by atoms with van der Waals surface area (Å²) in [4.78, 5) is 11.4. The lowest BCUT2D eigenvalue weighted by Crippen LogP contribution is -1.91. The molecule has 0 radical (unpaired) electrons. The van der Waals surface area contributed by atoms with Gasteiger partial charge >= 0.3 is 0 Å². The average Bonchev–Trinajstić information content (AvgIpc) is 2.89. The summed E-state index contributed by atoms with van der Waals surface area (Å²) in [5, 5.41) is 0.857. The third-order valence-corrected chi connectivity index (χ3v) is 4.28. The molecule has 0 amide bonds. The number of benzene rings is 2. The zero-order chi connectivity index (χ0) is 16.6. The van der Waals surface area contributed by atoms with Gasteiger partial charge in [-0.2, -0.15) is 0 Å². The van der Waals surface area contributed by atoms with Crippen molar-refractivity contribution in [3.63, 3.8) is 0 Å². The number of ether oxygens (including phenoxy) is 2. The molecule has 4 nitrogen and oxygen atoms in total. The van der Waals surface area contributed by atoms with E-state index in [0.29, 0.717) is 27.3 Å². The van der Waals surface area contributed by atoms with Crippen molar-refractivity contribution in [3.05, 3.63) is 46.6 Å². The van der Waals surface area contributed by atoms with E-state index < -0.39 is 0 Å². The molecule has 1 heterocycles. The van der Waals surface area contributed by atoms with E-state index in [1.165, 1.54) is 0 Å². The summed E-state index contributed by atoms with van der Waals surface area (Å²) in [6, 6.07) is 11.0. The molecule has 0 atom stereocenters. The summed E-state index contributed by atoms with van der Waals surface area (Å²) in [5.74, 6) is 1.36.